The summed E-state index contributed by atoms with van der Waals surface area (Å²) in [6, 6.07) is 0. The van der Waals surface area contributed by atoms with E-state index in [0.29, 0.717) is 0 Å². The fourth-order valence-corrected chi connectivity index (χ4v) is 0.902. The summed E-state index contributed by atoms with van der Waals surface area (Å²) in [4.78, 5) is 10.2. The Morgan fingerprint density at radius 2 is 2.08 bits per heavy atom. The van der Waals surface area contributed by atoms with E-state index in [1.807, 2.05) is 20.8 Å². The number of hydrogen-bond acceptors (Lipinski definition) is 3. The summed E-state index contributed by atoms with van der Waals surface area (Å²) in [5, 5.41) is 8.96. The minimum atomic E-state index is -0.906. The van der Waals surface area contributed by atoms with Gasteiger partial charge in [0, 0.05) is 0 Å². The Morgan fingerprint density at radius 1 is 1.62 bits per heavy atom. The van der Waals surface area contributed by atoms with Crippen LogP contribution >= 0.6 is 11.6 Å². The van der Waals surface area contributed by atoms with E-state index in [2.05, 4.69) is 4.74 Å². The maximum atomic E-state index is 10.2. The zero-order valence-corrected chi connectivity index (χ0v) is 8.84. The molecule has 4 nitrogen and oxygen atoms in total. The zero-order valence-electron chi connectivity index (χ0n) is 8.08. The van der Waals surface area contributed by atoms with Crippen LogP contribution in [0, 0.1) is 5.41 Å². The van der Waals surface area contributed by atoms with Gasteiger partial charge in [-0.2, -0.15) is 0 Å². The van der Waals surface area contributed by atoms with Crippen LogP contribution in [0.2, 0.25) is 0 Å². The van der Waals surface area contributed by atoms with Crippen LogP contribution in [0.4, 0.5) is 4.79 Å². The minimum Gasteiger partial charge on any atom is -0.447 e. The van der Waals surface area contributed by atoms with Gasteiger partial charge < -0.3 is 15.6 Å². The number of halogens is 1. The molecule has 78 valence electrons. The standard InChI is InChI=1S/C8H16ClNO3/c1-8(2,3)6(9)5(11)4-13-7(10)12/h5-6,11H,4H2,1-3H3,(H2,10,12). The van der Waals surface area contributed by atoms with E-state index >= 15 is 0 Å². The lowest BCUT2D eigenvalue weighted by Crippen LogP contribution is -2.37. The molecule has 3 N–H and O–H groups in total. The first kappa shape index (κ1) is 12.5. The average molecular weight is 210 g/mol. The van der Waals surface area contributed by atoms with Crippen molar-refractivity contribution in [2.24, 2.45) is 11.1 Å². The second-order valence-electron chi connectivity index (χ2n) is 3.97. The van der Waals surface area contributed by atoms with Crippen molar-refractivity contribution in [2.75, 3.05) is 6.61 Å². The molecule has 0 aliphatic heterocycles. The number of carbonyl (C=O) groups excluding carboxylic acids is 1. The van der Waals surface area contributed by atoms with E-state index < -0.39 is 17.6 Å². The third-order valence-electron chi connectivity index (χ3n) is 1.56. The lowest BCUT2D eigenvalue weighted by molar-refractivity contribution is 0.0511. The van der Waals surface area contributed by atoms with E-state index in [0.717, 1.165) is 0 Å². The molecule has 0 aromatic carbocycles. The molecule has 0 rings (SSSR count). The molecule has 13 heavy (non-hydrogen) atoms. The lowest BCUT2D eigenvalue weighted by atomic mass is 9.89. The fourth-order valence-electron chi connectivity index (χ4n) is 0.829. The van der Waals surface area contributed by atoms with E-state index in [9.17, 15) is 9.90 Å². The number of aliphatic hydroxyl groups excluding tert-OH is 1. The number of carbonyl (C=O) groups is 1. The van der Waals surface area contributed by atoms with Crippen LogP contribution < -0.4 is 5.73 Å². The molecule has 0 fully saturated rings. The van der Waals surface area contributed by atoms with Gasteiger partial charge in [0.05, 0.1) is 5.38 Å². The van der Waals surface area contributed by atoms with Crippen LogP contribution in [0.15, 0.2) is 0 Å². The largest absolute Gasteiger partial charge is 0.447 e. The number of aliphatic hydroxyl groups is 1. The van der Waals surface area contributed by atoms with Gasteiger partial charge in [-0.3, -0.25) is 0 Å². The van der Waals surface area contributed by atoms with Crippen molar-refractivity contribution < 1.29 is 14.6 Å². The normalized spacial score (nSPS) is 16.4. The summed E-state index contributed by atoms with van der Waals surface area (Å²) in [5.41, 5.74) is 4.49. The monoisotopic (exact) mass is 209 g/mol. The van der Waals surface area contributed by atoms with Crippen molar-refractivity contribution in [1.82, 2.24) is 0 Å². The molecule has 0 aromatic rings. The van der Waals surface area contributed by atoms with Crippen LogP contribution in [-0.4, -0.2) is 29.3 Å². The molecule has 0 aliphatic rings. The first-order chi connectivity index (χ1) is 5.75. The Kier molecular flexibility index (Phi) is 4.50. The summed E-state index contributed by atoms with van der Waals surface area (Å²) in [5.74, 6) is 0. The van der Waals surface area contributed by atoms with Gasteiger partial charge in [0.1, 0.15) is 12.7 Å². The summed E-state index contributed by atoms with van der Waals surface area (Å²) < 4.78 is 4.42. The molecule has 0 radical (unpaired) electrons. The third kappa shape index (κ3) is 4.95. The topological polar surface area (TPSA) is 72.6 Å². The zero-order chi connectivity index (χ0) is 10.6. The van der Waals surface area contributed by atoms with E-state index in [-0.39, 0.29) is 12.0 Å². The highest BCUT2D eigenvalue weighted by atomic mass is 35.5. The summed E-state index contributed by atoms with van der Waals surface area (Å²) >= 11 is 5.91. The number of hydrogen-bond donors (Lipinski definition) is 2. The van der Waals surface area contributed by atoms with Gasteiger partial charge >= 0.3 is 6.09 Å². The Balaban J connectivity index is 3.97. The highest BCUT2D eigenvalue weighted by Gasteiger charge is 2.29. The predicted octanol–water partition coefficient (Wildman–Crippen LogP) is 1.10. The molecule has 0 saturated carbocycles. The van der Waals surface area contributed by atoms with Crippen molar-refractivity contribution in [3.8, 4) is 0 Å². The summed E-state index contributed by atoms with van der Waals surface area (Å²) in [6.45, 7) is 5.50. The van der Waals surface area contributed by atoms with Gasteiger partial charge in [0.15, 0.2) is 0 Å². The number of rotatable bonds is 3. The predicted molar refractivity (Wildman–Crippen MR) is 50.6 cm³/mol. The Labute approximate surface area is 83.0 Å². The first-order valence-electron chi connectivity index (χ1n) is 3.99. The van der Waals surface area contributed by atoms with Crippen LogP contribution in [0.25, 0.3) is 0 Å². The number of primary amides is 1. The molecule has 2 unspecified atom stereocenters. The molecule has 0 spiro atoms. The SMILES string of the molecule is CC(C)(C)C(Cl)C(O)COC(N)=O. The Bertz CT molecular complexity index is 179. The van der Waals surface area contributed by atoms with Crippen LogP contribution in [0.1, 0.15) is 20.8 Å². The van der Waals surface area contributed by atoms with Gasteiger partial charge in [-0.05, 0) is 5.41 Å². The van der Waals surface area contributed by atoms with E-state index in [1.54, 1.807) is 0 Å². The molecule has 0 bridgehead atoms. The van der Waals surface area contributed by atoms with Crippen molar-refractivity contribution in [3.05, 3.63) is 0 Å². The molecule has 0 saturated heterocycles. The average Bonchev–Trinajstić information content (AvgIpc) is 1.96. The fraction of sp³-hybridized carbons (Fsp3) is 0.875. The molecular weight excluding hydrogens is 194 g/mol. The molecule has 0 aliphatic carbocycles. The third-order valence-corrected chi connectivity index (χ3v) is 2.51. The van der Waals surface area contributed by atoms with Crippen LogP contribution in [0.3, 0.4) is 0 Å². The van der Waals surface area contributed by atoms with Crippen LogP contribution in [-0.2, 0) is 4.74 Å². The van der Waals surface area contributed by atoms with Gasteiger partial charge in [-0.25, -0.2) is 4.79 Å². The summed E-state index contributed by atoms with van der Waals surface area (Å²) in [7, 11) is 0. The van der Waals surface area contributed by atoms with Gasteiger partial charge in [0.2, 0.25) is 0 Å². The van der Waals surface area contributed by atoms with Crippen LogP contribution in [0.5, 0.6) is 0 Å². The molecular formula is C8H16ClNO3. The number of alkyl halides is 1. The van der Waals surface area contributed by atoms with E-state index in [1.165, 1.54) is 0 Å². The maximum absolute atomic E-state index is 10.2. The smallest absolute Gasteiger partial charge is 0.404 e. The number of amides is 1. The number of nitrogens with two attached hydrogens (primary N) is 1. The molecule has 0 heterocycles. The van der Waals surface area contributed by atoms with Crippen molar-refractivity contribution in [1.29, 1.82) is 0 Å². The first-order valence-corrected chi connectivity index (χ1v) is 4.43. The lowest BCUT2D eigenvalue weighted by Gasteiger charge is -2.28. The van der Waals surface area contributed by atoms with Gasteiger partial charge in [-0.1, -0.05) is 20.8 Å². The Morgan fingerprint density at radius 3 is 2.38 bits per heavy atom. The highest BCUT2D eigenvalue weighted by Crippen LogP contribution is 2.27. The maximum Gasteiger partial charge on any atom is 0.404 e. The second-order valence-corrected chi connectivity index (χ2v) is 4.44. The van der Waals surface area contributed by atoms with Crippen molar-refractivity contribution >= 4 is 17.7 Å². The Hall–Kier alpha value is -0.480. The minimum absolute atomic E-state index is 0.166. The second kappa shape index (κ2) is 4.67. The highest BCUT2D eigenvalue weighted by molar-refractivity contribution is 6.21. The summed E-state index contributed by atoms with van der Waals surface area (Å²) in [6.07, 6.45) is -1.80. The molecule has 2 atom stereocenters. The van der Waals surface area contributed by atoms with Crippen molar-refractivity contribution in [3.63, 3.8) is 0 Å². The quantitative estimate of drug-likeness (QED) is 0.684. The molecule has 5 heteroatoms. The molecule has 0 aromatic heterocycles. The van der Waals surface area contributed by atoms with Gasteiger partial charge in [0.25, 0.3) is 0 Å². The molecule has 1 amide bonds. The van der Waals surface area contributed by atoms with E-state index in [4.69, 9.17) is 17.3 Å². The number of ether oxygens (including phenoxy) is 1. The van der Waals surface area contributed by atoms with Crippen molar-refractivity contribution in [2.45, 2.75) is 32.3 Å². The van der Waals surface area contributed by atoms with Gasteiger partial charge in [-0.15, -0.1) is 11.6 Å².